The van der Waals surface area contributed by atoms with Crippen LogP contribution in [0.3, 0.4) is 0 Å². The van der Waals surface area contributed by atoms with Gasteiger partial charge in [-0.3, -0.25) is 5.32 Å². The van der Waals surface area contributed by atoms with E-state index in [1.54, 1.807) is 0 Å². The quantitative estimate of drug-likeness (QED) is 0.874. The van der Waals surface area contributed by atoms with E-state index >= 15 is 0 Å². The summed E-state index contributed by atoms with van der Waals surface area (Å²) in [6, 6.07) is 16.0. The summed E-state index contributed by atoms with van der Waals surface area (Å²) in [5.41, 5.74) is 0. The van der Waals surface area contributed by atoms with Crippen molar-refractivity contribution < 1.29 is 4.74 Å². The van der Waals surface area contributed by atoms with Crippen molar-refractivity contribution in [3.63, 3.8) is 0 Å². The standard InChI is InChI=1S/C15H16N2O/c1-2-17-14(10-16)11-18-15-8-7-12-5-3-4-6-13(12)9-15/h3-9,14,17H,2,11H2,1H3. The zero-order valence-electron chi connectivity index (χ0n) is 10.4. The molecule has 1 unspecified atom stereocenters. The van der Waals surface area contributed by atoms with Gasteiger partial charge in [0.25, 0.3) is 0 Å². The predicted octanol–water partition coefficient (Wildman–Crippen LogP) is 2.72. The Morgan fingerprint density at radius 3 is 2.72 bits per heavy atom. The number of likely N-dealkylation sites (N-methyl/N-ethyl adjacent to an activating group) is 1. The minimum Gasteiger partial charge on any atom is -0.491 e. The third-order valence-corrected chi connectivity index (χ3v) is 2.74. The van der Waals surface area contributed by atoms with Crippen LogP contribution in [0.15, 0.2) is 42.5 Å². The van der Waals surface area contributed by atoms with Crippen molar-refractivity contribution in [2.75, 3.05) is 13.2 Å². The molecule has 3 nitrogen and oxygen atoms in total. The van der Waals surface area contributed by atoms with Gasteiger partial charge in [-0.1, -0.05) is 37.3 Å². The molecule has 18 heavy (non-hydrogen) atoms. The lowest BCUT2D eigenvalue weighted by molar-refractivity contribution is 0.291. The summed E-state index contributed by atoms with van der Waals surface area (Å²) in [6.07, 6.45) is 0. The van der Waals surface area contributed by atoms with Crippen LogP contribution in [-0.2, 0) is 0 Å². The molecule has 0 saturated carbocycles. The molecule has 0 bridgehead atoms. The molecule has 1 N–H and O–H groups in total. The SMILES string of the molecule is CCNC(C#N)COc1ccc2ccccc2c1. The Morgan fingerprint density at radius 1 is 1.22 bits per heavy atom. The van der Waals surface area contributed by atoms with Crippen LogP contribution in [-0.4, -0.2) is 19.2 Å². The molecule has 92 valence electrons. The number of hydrogen-bond donors (Lipinski definition) is 1. The highest BCUT2D eigenvalue weighted by Gasteiger charge is 2.06. The fourth-order valence-electron chi connectivity index (χ4n) is 1.82. The summed E-state index contributed by atoms with van der Waals surface area (Å²) >= 11 is 0. The van der Waals surface area contributed by atoms with Crippen molar-refractivity contribution in [1.29, 1.82) is 5.26 Å². The molecule has 0 aliphatic carbocycles. The van der Waals surface area contributed by atoms with Gasteiger partial charge in [-0.05, 0) is 29.4 Å². The van der Waals surface area contributed by atoms with E-state index in [1.807, 2.05) is 43.3 Å². The summed E-state index contributed by atoms with van der Waals surface area (Å²) in [6.45, 7) is 3.10. The van der Waals surface area contributed by atoms with Gasteiger partial charge in [-0.2, -0.15) is 5.26 Å². The molecule has 0 amide bonds. The van der Waals surface area contributed by atoms with Crippen molar-refractivity contribution in [3.05, 3.63) is 42.5 Å². The van der Waals surface area contributed by atoms with E-state index in [0.717, 1.165) is 17.7 Å². The number of ether oxygens (including phenoxy) is 1. The average Bonchev–Trinajstić information content (AvgIpc) is 2.43. The van der Waals surface area contributed by atoms with Crippen LogP contribution in [0.5, 0.6) is 5.75 Å². The van der Waals surface area contributed by atoms with E-state index in [-0.39, 0.29) is 6.04 Å². The number of nitrogens with one attached hydrogen (secondary N) is 1. The van der Waals surface area contributed by atoms with Crippen molar-refractivity contribution >= 4 is 10.8 Å². The molecule has 0 saturated heterocycles. The van der Waals surface area contributed by atoms with Gasteiger partial charge in [0.05, 0.1) is 6.07 Å². The molecule has 0 heterocycles. The van der Waals surface area contributed by atoms with Crippen LogP contribution < -0.4 is 10.1 Å². The molecular formula is C15H16N2O. The van der Waals surface area contributed by atoms with Gasteiger partial charge in [0.15, 0.2) is 0 Å². The number of nitrogens with zero attached hydrogens (tertiary/aromatic N) is 1. The largest absolute Gasteiger partial charge is 0.491 e. The van der Waals surface area contributed by atoms with E-state index in [1.165, 1.54) is 5.39 Å². The molecule has 2 aromatic rings. The third-order valence-electron chi connectivity index (χ3n) is 2.74. The maximum atomic E-state index is 8.91. The zero-order chi connectivity index (χ0) is 12.8. The van der Waals surface area contributed by atoms with Gasteiger partial charge in [-0.25, -0.2) is 0 Å². The number of nitriles is 1. The monoisotopic (exact) mass is 240 g/mol. The third kappa shape index (κ3) is 2.99. The van der Waals surface area contributed by atoms with Crippen LogP contribution in [0.2, 0.25) is 0 Å². The van der Waals surface area contributed by atoms with Gasteiger partial charge in [0.2, 0.25) is 0 Å². The lowest BCUT2D eigenvalue weighted by Gasteiger charge is -2.12. The highest BCUT2D eigenvalue weighted by atomic mass is 16.5. The van der Waals surface area contributed by atoms with Crippen LogP contribution in [0.25, 0.3) is 10.8 Å². The van der Waals surface area contributed by atoms with E-state index in [2.05, 4.69) is 17.5 Å². The number of rotatable bonds is 5. The molecule has 2 aromatic carbocycles. The van der Waals surface area contributed by atoms with Crippen molar-refractivity contribution in [1.82, 2.24) is 5.32 Å². The Kier molecular flexibility index (Phi) is 4.16. The minimum atomic E-state index is -0.263. The molecule has 1 atom stereocenters. The predicted molar refractivity (Wildman–Crippen MR) is 72.5 cm³/mol. The van der Waals surface area contributed by atoms with E-state index in [0.29, 0.717) is 6.61 Å². The fourth-order valence-corrected chi connectivity index (χ4v) is 1.82. The smallest absolute Gasteiger partial charge is 0.130 e. The molecular weight excluding hydrogens is 224 g/mol. The zero-order valence-corrected chi connectivity index (χ0v) is 10.4. The second-order valence-corrected chi connectivity index (χ2v) is 4.06. The van der Waals surface area contributed by atoms with Gasteiger partial charge in [0, 0.05) is 0 Å². The highest BCUT2D eigenvalue weighted by Crippen LogP contribution is 2.20. The van der Waals surface area contributed by atoms with Gasteiger partial charge in [0.1, 0.15) is 18.4 Å². The van der Waals surface area contributed by atoms with Crippen molar-refractivity contribution in [3.8, 4) is 11.8 Å². The Bertz CT molecular complexity index is 560. The van der Waals surface area contributed by atoms with E-state index in [9.17, 15) is 0 Å². The van der Waals surface area contributed by atoms with E-state index in [4.69, 9.17) is 10.00 Å². The van der Waals surface area contributed by atoms with Crippen LogP contribution in [0.1, 0.15) is 6.92 Å². The minimum absolute atomic E-state index is 0.263. The molecule has 0 aliphatic rings. The average molecular weight is 240 g/mol. The maximum Gasteiger partial charge on any atom is 0.130 e. The lowest BCUT2D eigenvalue weighted by atomic mass is 10.1. The van der Waals surface area contributed by atoms with Crippen LogP contribution >= 0.6 is 0 Å². The topological polar surface area (TPSA) is 45.0 Å². The Hall–Kier alpha value is -2.05. The highest BCUT2D eigenvalue weighted by molar-refractivity contribution is 5.83. The summed E-state index contributed by atoms with van der Waals surface area (Å²) in [5.74, 6) is 0.798. The Morgan fingerprint density at radius 2 is 2.00 bits per heavy atom. The Balaban J connectivity index is 2.06. The van der Waals surface area contributed by atoms with Crippen LogP contribution in [0.4, 0.5) is 0 Å². The van der Waals surface area contributed by atoms with Crippen LogP contribution in [0, 0.1) is 11.3 Å². The van der Waals surface area contributed by atoms with Gasteiger partial charge >= 0.3 is 0 Å². The van der Waals surface area contributed by atoms with Crippen molar-refractivity contribution in [2.45, 2.75) is 13.0 Å². The summed E-state index contributed by atoms with van der Waals surface area (Å²) in [7, 11) is 0. The molecule has 2 rings (SSSR count). The van der Waals surface area contributed by atoms with Gasteiger partial charge < -0.3 is 4.74 Å². The first-order valence-electron chi connectivity index (χ1n) is 6.08. The molecule has 0 aromatic heterocycles. The lowest BCUT2D eigenvalue weighted by Crippen LogP contribution is -2.32. The fraction of sp³-hybridized carbons (Fsp3) is 0.267. The van der Waals surface area contributed by atoms with Crippen molar-refractivity contribution in [2.24, 2.45) is 0 Å². The second kappa shape index (κ2) is 6.04. The first-order chi connectivity index (χ1) is 8.83. The molecule has 0 spiro atoms. The number of fused-ring (bicyclic) bond motifs is 1. The molecule has 0 radical (unpaired) electrons. The maximum absolute atomic E-state index is 8.91. The van der Waals surface area contributed by atoms with Gasteiger partial charge in [-0.15, -0.1) is 0 Å². The molecule has 3 heteroatoms. The summed E-state index contributed by atoms with van der Waals surface area (Å²) < 4.78 is 5.63. The van der Waals surface area contributed by atoms with E-state index < -0.39 is 0 Å². The summed E-state index contributed by atoms with van der Waals surface area (Å²) in [5, 5.41) is 14.3. The molecule has 0 fully saturated rings. The first kappa shape index (κ1) is 12.4. The number of benzene rings is 2. The number of hydrogen-bond acceptors (Lipinski definition) is 3. The normalized spacial score (nSPS) is 12.0. The summed E-state index contributed by atoms with van der Waals surface area (Å²) in [4.78, 5) is 0. The second-order valence-electron chi connectivity index (χ2n) is 4.06. The molecule has 0 aliphatic heterocycles. The Labute approximate surface area is 107 Å². The first-order valence-corrected chi connectivity index (χ1v) is 6.08.